The van der Waals surface area contributed by atoms with Crippen molar-refractivity contribution in [2.45, 2.75) is 19.4 Å². The molecular weight excluding hydrogens is 560 g/mol. The smallest absolute Gasteiger partial charge is 0.305 e. The van der Waals surface area contributed by atoms with Crippen LogP contribution in [0.5, 0.6) is 0 Å². The van der Waals surface area contributed by atoms with Crippen molar-refractivity contribution in [1.82, 2.24) is 10.3 Å². The highest BCUT2D eigenvalue weighted by atomic mass is 32.1. The molecule has 1 amide bonds. The average molecular weight is 588 g/mol. The summed E-state index contributed by atoms with van der Waals surface area (Å²) in [6.07, 6.45) is 0.646. The fourth-order valence-corrected chi connectivity index (χ4v) is 5.19. The number of hydrogen-bond donors (Lipinski definition) is 2. The van der Waals surface area contributed by atoms with E-state index in [0.29, 0.717) is 30.1 Å². The molecule has 214 valence electrons. The molecule has 0 radical (unpaired) electrons. The number of anilines is 1. The van der Waals surface area contributed by atoms with E-state index in [-0.39, 0.29) is 30.2 Å². The highest BCUT2D eigenvalue weighted by Gasteiger charge is 2.17. The largest absolute Gasteiger partial charge is 0.481 e. The van der Waals surface area contributed by atoms with Crippen molar-refractivity contribution in [3.8, 4) is 22.8 Å². The van der Waals surface area contributed by atoms with Gasteiger partial charge in [-0.1, -0.05) is 42.5 Å². The van der Waals surface area contributed by atoms with Crippen LogP contribution in [0.4, 0.5) is 13.9 Å². The topological polar surface area (TPSA) is 95.7 Å². The second-order valence-corrected chi connectivity index (χ2v) is 10.4. The van der Waals surface area contributed by atoms with Gasteiger partial charge in [0.15, 0.2) is 10.9 Å². The van der Waals surface area contributed by atoms with Gasteiger partial charge in [-0.05, 0) is 53.9 Å². The number of furan rings is 1. The highest BCUT2D eigenvalue weighted by molar-refractivity contribution is 7.14. The molecule has 3 aromatic carbocycles. The number of benzene rings is 3. The van der Waals surface area contributed by atoms with Gasteiger partial charge in [-0.3, -0.25) is 9.59 Å². The highest BCUT2D eigenvalue weighted by Crippen LogP contribution is 2.33. The number of aliphatic carboxylic acids is 1. The number of rotatable bonds is 12. The van der Waals surface area contributed by atoms with E-state index < -0.39 is 17.6 Å². The lowest BCUT2D eigenvalue weighted by molar-refractivity contribution is -0.136. The van der Waals surface area contributed by atoms with Gasteiger partial charge in [-0.25, -0.2) is 13.8 Å². The average Bonchev–Trinajstić information content (AvgIpc) is 3.66. The van der Waals surface area contributed by atoms with E-state index >= 15 is 0 Å². The minimum absolute atomic E-state index is 0.0611. The van der Waals surface area contributed by atoms with Crippen LogP contribution in [0.3, 0.4) is 0 Å². The maximum Gasteiger partial charge on any atom is 0.305 e. The number of carboxylic acid groups (broad SMARTS) is 1. The Morgan fingerprint density at radius 1 is 0.929 bits per heavy atom. The first-order valence-corrected chi connectivity index (χ1v) is 14.1. The molecule has 0 saturated carbocycles. The van der Waals surface area contributed by atoms with Crippen LogP contribution in [0, 0.1) is 11.6 Å². The SMILES string of the molecule is O=C(O)CCNC(=O)c1ccc(CN(CCc2ccccc2)c2nc(-c3ccc(-c4ccc(F)cc4F)o3)cs2)cc1. The monoisotopic (exact) mass is 587 g/mol. The van der Waals surface area contributed by atoms with E-state index in [1.807, 2.05) is 35.7 Å². The molecule has 0 aliphatic rings. The van der Waals surface area contributed by atoms with E-state index in [0.717, 1.165) is 23.2 Å². The summed E-state index contributed by atoms with van der Waals surface area (Å²) in [6.45, 7) is 1.27. The molecule has 2 heterocycles. The van der Waals surface area contributed by atoms with Crippen LogP contribution in [-0.2, 0) is 17.8 Å². The number of halogens is 2. The molecule has 0 aliphatic heterocycles. The number of hydrogen-bond acceptors (Lipinski definition) is 6. The van der Waals surface area contributed by atoms with Gasteiger partial charge in [0.1, 0.15) is 23.1 Å². The normalized spacial score (nSPS) is 10.9. The molecule has 0 bridgehead atoms. The molecule has 10 heteroatoms. The van der Waals surface area contributed by atoms with Crippen molar-refractivity contribution in [3.05, 3.63) is 119 Å². The molecule has 5 aromatic rings. The first kappa shape index (κ1) is 28.7. The van der Waals surface area contributed by atoms with Crippen LogP contribution in [0.25, 0.3) is 22.8 Å². The van der Waals surface area contributed by atoms with Crippen LogP contribution in [-0.4, -0.2) is 35.1 Å². The molecular formula is C32H27F2N3O4S. The maximum atomic E-state index is 14.3. The zero-order valence-electron chi connectivity index (χ0n) is 22.4. The summed E-state index contributed by atoms with van der Waals surface area (Å²) < 4.78 is 33.5. The standard InChI is InChI=1S/C32H27F2N3O4S/c33-24-10-11-25(26(34)18-24)28-12-13-29(41-28)27-20-42-32(36-27)37(17-15-21-4-2-1-3-5-21)19-22-6-8-23(9-7-22)31(40)35-16-14-30(38)39/h1-13,18,20H,14-17,19H2,(H,35,40)(H,38,39). The van der Waals surface area contributed by atoms with E-state index in [2.05, 4.69) is 22.3 Å². The molecule has 7 nitrogen and oxygen atoms in total. The fraction of sp³-hybridized carbons (Fsp3) is 0.156. The zero-order valence-corrected chi connectivity index (χ0v) is 23.2. The van der Waals surface area contributed by atoms with Crippen LogP contribution in [0.1, 0.15) is 27.9 Å². The molecule has 0 unspecified atom stereocenters. The predicted octanol–water partition coefficient (Wildman–Crippen LogP) is 6.80. The quantitative estimate of drug-likeness (QED) is 0.167. The zero-order chi connectivity index (χ0) is 29.5. The van der Waals surface area contributed by atoms with Gasteiger partial charge in [-0.2, -0.15) is 0 Å². The molecule has 42 heavy (non-hydrogen) atoms. The summed E-state index contributed by atoms with van der Waals surface area (Å²) in [4.78, 5) is 30.0. The van der Waals surface area contributed by atoms with E-state index in [1.165, 1.54) is 29.0 Å². The van der Waals surface area contributed by atoms with Crippen molar-refractivity contribution in [2.24, 2.45) is 0 Å². The number of nitrogens with zero attached hydrogens (tertiary/aromatic N) is 2. The molecule has 5 rings (SSSR count). The van der Waals surface area contributed by atoms with Crippen molar-refractivity contribution in [3.63, 3.8) is 0 Å². The second kappa shape index (κ2) is 13.2. The lowest BCUT2D eigenvalue weighted by atomic mass is 10.1. The van der Waals surface area contributed by atoms with Crippen LogP contribution in [0.2, 0.25) is 0 Å². The predicted molar refractivity (Wildman–Crippen MR) is 157 cm³/mol. The number of carbonyl (C=O) groups is 2. The molecule has 0 aliphatic carbocycles. The number of thiazole rings is 1. The third kappa shape index (κ3) is 7.27. The molecule has 0 atom stereocenters. The Labute approximate surface area is 245 Å². The van der Waals surface area contributed by atoms with Gasteiger partial charge < -0.3 is 19.7 Å². The Kier molecular flexibility index (Phi) is 9.03. The Balaban J connectivity index is 1.33. The third-order valence-corrected chi connectivity index (χ3v) is 7.45. The maximum absolute atomic E-state index is 14.3. The minimum Gasteiger partial charge on any atom is -0.481 e. The third-order valence-electron chi connectivity index (χ3n) is 6.54. The van der Waals surface area contributed by atoms with Gasteiger partial charge in [0, 0.05) is 36.6 Å². The molecule has 0 fully saturated rings. The molecule has 0 saturated heterocycles. The Hall–Kier alpha value is -4.83. The number of carbonyl (C=O) groups excluding carboxylic acids is 1. The first-order chi connectivity index (χ1) is 20.4. The fourth-order valence-electron chi connectivity index (χ4n) is 4.35. The Morgan fingerprint density at radius 2 is 1.69 bits per heavy atom. The number of amides is 1. The van der Waals surface area contributed by atoms with Crippen LogP contribution >= 0.6 is 11.3 Å². The lowest BCUT2D eigenvalue weighted by Crippen LogP contribution is -2.26. The van der Waals surface area contributed by atoms with Gasteiger partial charge in [-0.15, -0.1) is 11.3 Å². The molecule has 0 spiro atoms. The summed E-state index contributed by atoms with van der Waals surface area (Å²) in [5.41, 5.74) is 3.37. The van der Waals surface area contributed by atoms with Crippen molar-refractivity contribution >= 4 is 28.3 Å². The van der Waals surface area contributed by atoms with Gasteiger partial charge in [0.25, 0.3) is 5.91 Å². The summed E-state index contributed by atoms with van der Waals surface area (Å²) >= 11 is 1.46. The minimum atomic E-state index is -0.971. The molecule has 2 aromatic heterocycles. The number of nitrogens with one attached hydrogen (secondary N) is 1. The van der Waals surface area contributed by atoms with Crippen LogP contribution < -0.4 is 10.2 Å². The summed E-state index contributed by atoms with van der Waals surface area (Å²) in [7, 11) is 0. The Morgan fingerprint density at radius 3 is 2.43 bits per heavy atom. The summed E-state index contributed by atoms with van der Waals surface area (Å²) in [5, 5.41) is 14.0. The van der Waals surface area contributed by atoms with Gasteiger partial charge in [0.2, 0.25) is 0 Å². The van der Waals surface area contributed by atoms with E-state index in [9.17, 15) is 18.4 Å². The van der Waals surface area contributed by atoms with Crippen molar-refractivity contribution < 1.29 is 27.9 Å². The van der Waals surface area contributed by atoms with E-state index in [1.54, 1.807) is 24.3 Å². The number of carboxylic acids is 1. The van der Waals surface area contributed by atoms with E-state index in [4.69, 9.17) is 14.5 Å². The first-order valence-electron chi connectivity index (χ1n) is 13.2. The lowest BCUT2D eigenvalue weighted by Gasteiger charge is -2.22. The van der Waals surface area contributed by atoms with Gasteiger partial charge >= 0.3 is 5.97 Å². The molecule has 2 N–H and O–H groups in total. The van der Waals surface area contributed by atoms with Crippen molar-refractivity contribution in [1.29, 1.82) is 0 Å². The Bertz CT molecular complexity index is 1670. The summed E-state index contributed by atoms with van der Waals surface area (Å²) in [5.74, 6) is -1.91. The van der Waals surface area contributed by atoms with Crippen molar-refractivity contribution in [2.75, 3.05) is 18.0 Å². The van der Waals surface area contributed by atoms with Crippen LogP contribution in [0.15, 0.2) is 94.7 Å². The van der Waals surface area contributed by atoms with Gasteiger partial charge in [0.05, 0.1) is 12.0 Å². The summed E-state index contributed by atoms with van der Waals surface area (Å²) in [6, 6.07) is 24.0. The number of aromatic nitrogens is 1. The second-order valence-electron chi connectivity index (χ2n) is 9.56.